The van der Waals surface area contributed by atoms with Gasteiger partial charge in [0.1, 0.15) is 24.0 Å². The molecule has 0 saturated heterocycles. The van der Waals surface area contributed by atoms with Gasteiger partial charge >= 0.3 is 0 Å². The first-order chi connectivity index (χ1) is 15.6. The molecule has 3 aromatic rings. The quantitative estimate of drug-likeness (QED) is 0.169. The monoisotopic (exact) mass is 564 g/mol. The first-order valence-corrected chi connectivity index (χ1v) is 10.8. The lowest BCUT2D eigenvalue weighted by atomic mass is 10.1. The number of benzene rings is 1. The van der Waals surface area contributed by atoms with Crippen molar-refractivity contribution in [2.75, 3.05) is 26.9 Å². The van der Waals surface area contributed by atoms with Gasteiger partial charge in [0, 0.05) is 44.4 Å². The van der Waals surface area contributed by atoms with E-state index >= 15 is 0 Å². The number of nitrogens with zero attached hydrogens (tertiary/aromatic N) is 4. The van der Waals surface area contributed by atoms with Crippen LogP contribution in [-0.4, -0.2) is 47.4 Å². The minimum absolute atomic E-state index is 0. The zero-order chi connectivity index (χ0) is 22.8. The summed E-state index contributed by atoms with van der Waals surface area (Å²) in [6.07, 6.45) is 5.52. The molecule has 0 unspecified atom stereocenters. The van der Waals surface area contributed by atoms with E-state index in [4.69, 9.17) is 14.5 Å². The van der Waals surface area contributed by atoms with Crippen LogP contribution in [0.5, 0.6) is 5.75 Å². The maximum Gasteiger partial charge on any atom is 0.191 e. The van der Waals surface area contributed by atoms with Crippen molar-refractivity contribution in [3.05, 3.63) is 71.4 Å². The molecule has 0 bridgehead atoms. The Morgan fingerprint density at radius 3 is 2.61 bits per heavy atom. The van der Waals surface area contributed by atoms with Gasteiger partial charge in [-0.2, -0.15) is 0 Å². The Bertz CT molecular complexity index is 1020. The lowest BCUT2D eigenvalue weighted by Crippen LogP contribution is -2.36. The molecule has 0 atom stereocenters. The van der Waals surface area contributed by atoms with Gasteiger partial charge in [0.2, 0.25) is 0 Å². The van der Waals surface area contributed by atoms with Crippen LogP contribution in [0.2, 0.25) is 0 Å². The zero-order valence-corrected chi connectivity index (χ0v) is 22.0. The van der Waals surface area contributed by atoms with Gasteiger partial charge in [-0.25, -0.2) is 15.0 Å². The van der Waals surface area contributed by atoms with Crippen LogP contribution in [0.1, 0.15) is 29.4 Å². The van der Waals surface area contributed by atoms with E-state index in [0.29, 0.717) is 26.3 Å². The summed E-state index contributed by atoms with van der Waals surface area (Å²) in [6, 6.07) is 10.2. The maximum atomic E-state index is 5.89. The Kier molecular flexibility index (Phi) is 11.1. The molecule has 0 fully saturated rings. The number of methoxy groups -OCH3 is 1. The van der Waals surface area contributed by atoms with Gasteiger partial charge in [-0.1, -0.05) is 18.2 Å². The average molecular weight is 564 g/mol. The highest BCUT2D eigenvalue weighted by Crippen LogP contribution is 2.20. The standard InChI is InChI=1S/C24H32N6O2.HI/c1-5-25-24(29-17-21-8-6-18(2)14-22(21)32-13-12-31-4)28-16-20-7-9-23(27-15-20)30-11-10-26-19(30)3;/h6-11,14-15H,5,12-13,16-17H2,1-4H3,(H2,25,28,29);1H. The van der Waals surface area contributed by atoms with Crippen LogP contribution in [0.4, 0.5) is 0 Å². The number of pyridine rings is 1. The molecular formula is C24H33IN6O2. The third kappa shape index (κ3) is 8.01. The summed E-state index contributed by atoms with van der Waals surface area (Å²) >= 11 is 0. The third-order valence-electron chi connectivity index (χ3n) is 4.86. The number of aromatic nitrogens is 3. The summed E-state index contributed by atoms with van der Waals surface area (Å²) in [5.74, 6) is 3.35. The van der Waals surface area contributed by atoms with Gasteiger partial charge in [-0.15, -0.1) is 24.0 Å². The summed E-state index contributed by atoms with van der Waals surface area (Å²) in [4.78, 5) is 13.5. The first-order valence-electron chi connectivity index (χ1n) is 10.8. The van der Waals surface area contributed by atoms with Gasteiger partial charge in [-0.05, 0) is 44.0 Å². The van der Waals surface area contributed by atoms with E-state index in [9.17, 15) is 0 Å². The van der Waals surface area contributed by atoms with E-state index in [2.05, 4.69) is 39.7 Å². The van der Waals surface area contributed by atoms with Crippen LogP contribution in [0.25, 0.3) is 5.82 Å². The Balaban J connectivity index is 0.00000385. The van der Waals surface area contributed by atoms with Gasteiger partial charge in [0.25, 0.3) is 0 Å². The van der Waals surface area contributed by atoms with Crippen LogP contribution in [0.3, 0.4) is 0 Å². The van der Waals surface area contributed by atoms with Crippen LogP contribution < -0.4 is 15.4 Å². The number of imidazole rings is 1. The van der Waals surface area contributed by atoms with Gasteiger partial charge in [0.15, 0.2) is 5.96 Å². The molecular weight excluding hydrogens is 531 g/mol. The molecule has 2 aromatic heterocycles. The van der Waals surface area contributed by atoms with E-state index in [0.717, 1.165) is 46.6 Å². The van der Waals surface area contributed by atoms with Crippen LogP contribution in [-0.2, 0) is 17.8 Å². The zero-order valence-electron chi connectivity index (χ0n) is 19.7. The summed E-state index contributed by atoms with van der Waals surface area (Å²) in [6.45, 7) is 9.03. The predicted octanol–water partition coefficient (Wildman–Crippen LogP) is 3.78. The second-order valence-electron chi connectivity index (χ2n) is 7.37. The Hall–Kier alpha value is -2.66. The fourth-order valence-corrected chi connectivity index (χ4v) is 3.14. The molecule has 0 amide bonds. The topological polar surface area (TPSA) is 85.6 Å². The van der Waals surface area contributed by atoms with Gasteiger partial charge < -0.3 is 20.1 Å². The van der Waals surface area contributed by atoms with Crippen molar-refractivity contribution in [3.63, 3.8) is 0 Å². The lowest BCUT2D eigenvalue weighted by Gasteiger charge is -2.15. The SMILES string of the molecule is CCNC(=NCc1ccc(-n2ccnc2C)nc1)NCc1ccc(C)cc1OCCOC.I. The molecule has 33 heavy (non-hydrogen) atoms. The highest BCUT2D eigenvalue weighted by Gasteiger charge is 2.07. The number of aryl methyl sites for hydroxylation is 2. The average Bonchev–Trinajstić information content (AvgIpc) is 3.23. The van der Waals surface area contributed by atoms with E-state index in [1.807, 2.05) is 49.0 Å². The number of nitrogens with one attached hydrogen (secondary N) is 2. The molecule has 0 radical (unpaired) electrons. The molecule has 0 aliphatic carbocycles. The fourth-order valence-electron chi connectivity index (χ4n) is 3.14. The normalized spacial score (nSPS) is 11.1. The van der Waals surface area contributed by atoms with Crippen molar-refractivity contribution in [2.24, 2.45) is 4.99 Å². The molecule has 0 spiro atoms. The molecule has 2 heterocycles. The van der Waals surface area contributed by atoms with Crippen molar-refractivity contribution in [3.8, 4) is 11.6 Å². The summed E-state index contributed by atoms with van der Waals surface area (Å²) in [7, 11) is 1.67. The molecule has 8 nitrogen and oxygen atoms in total. The van der Waals surface area contributed by atoms with Gasteiger partial charge in [0.05, 0.1) is 13.2 Å². The van der Waals surface area contributed by atoms with Crippen molar-refractivity contribution in [1.29, 1.82) is 0 Å². The summed E-state index contributed by atoms with van der Waals surface area (Å²) in [5, 5.41) is 6.69. The van der Waals surface area contributed by atoms with E-state index < -0.39 is 0 Å². The molecule has 0 aliphatic rings. The summed E-state index contributed by atoms with van der Waals surface area (Å²) in [5.41, 5.74) is 3.25. The molecule has 0 aliphatic heterocycles. The minimum atomic E-state index is 0. The van der Waals surface area contributed by atoms with Crippen molar-refractivity contribution in [1.82, 2.24) is 25.2 Å². The van der Waals surface area contributed by atoms with Crippen LogP contribution in [0.15, 0.2) is 53.9 Å². The minimum Gasteiger partial charge on any atom is -0.491 e. The number of guanidine groups is 1. The van der Waals surface area contributed by atoms with Crippen LogP contribution >= 0.6 is 24.0 Å². The largest absolute Gasteiger partial charge is 0.491 e. The van der Waals surface area contributed by atoms with Crippen LogP contribution in [0, 0.1) is 13.8 Å². The number of rotatable bonds is 10. The second-order valence-corrected chi connectivity index (χ2v) is 7.37. The second kappa shape index (κ2) is 13.8. The highest BCUT2D eigenvalue weighted by atomic mass is 127. The molecule has 1 aromatic carbocycles. The molecule has 9 heteroatoms. The number of hydrogen-bond donors (Lipinski definition) is 2. The molecule has 3 rings (SSSR count). The van der Waals surface area contributed by atoms with Gasteiger partial charge in [-0.3, -0.25) is 4.57 Å². The van der Waals surface area contributed by atoms with Crippen molar-refractivity contribution < 1.29 is 9.47 Å². The molecule has 178 valence electrons. The highest BCUT2D eigenvalue weighted by molar-refractivity contribution is 14.0. The number of ether oxygens (including phenoxy) is 2. The van der Waals surface area contributed by atoms with E-state index in [-0.39, 0.29) is 24.0 Å². The Morgan fingerprint density at radius 1 is 1.09 bits per heavy atom. The van der Waals surface area contributed by atoms with E-state index in [1.165, 1.54) is 0 Å². The van der Waals surface area contributed by atoms with Crippen molar-refractivity contribution >= 4 is 29.9 Å². The first kappa shape index (κ1) is 26.6. The Morgan fingerprint density at radius 2 is 1.94 bits per heavy atom. The third-order valence-corrected chi connectivity index (χ3v) is 4.86. The van der Waals surface area contributed by atoms with Crippen molar-refractivity contribution in [2.45, 2.75) is 33.9 Å². The molecule has 0 saturated carbocycles. The van der Waals surface area contributed by atoms with E-state index in [1.54, 1.807) is 13.3 Å². The predicted molar refractivity (Wildman–Crippen MR) is 142 cm³/mol. The summed E-state index contributed by atoms with van der Waals surface area (Å²) < 4.78 is 12.9. The maximum absolute atomic E-state index is 5.89. The molecule has 2 N–H and O–H groups in total. The number of aliphatic imine (C=N–C) groups is 1. The lowest BCUT2D eigenvalue weighted by molar-refractivity contribution is 0.145. The fraction of sp³-hybridized carbons (Fsp3) is 0.375. The Labute approximate surface area is 212 Å². The number of halogens is 1. The smallest absolute Gasteiger partial charge is 0.191 e. The number of hydrogen-bond acceptors (Lipinski definition) is 5.